The summed E-state index contributed by atoms with van der Waals surface area (Å²) < 4.78 is 5.80. The van der Waals surface area contributed by atoms with Gasteiger partial charge in [-0.3, -0.25) is 9.59 Å². The molecule has 0 aliphatic heterocycles. The van der Waals surface area contributed by atoms with Gasteiger partial charge in [-0.05, 0) is 49.2 Å². The van der Waals surface area contributed by atoms with Gasteiger partial charge in [-0.15, -0.1) is 0 Å². The molecule has 0 aliphatic carbocycles. The molecule has 6 heteroatoms. The number of hydrogen-bond acceptors (Lipinski definition) is 4. The Kier molecular flexibility index (Phi) is 6.95. The molecule has 0 radical (unpaired) electrons. The molecule has 3 aromatic rings. The van der Waals surface area contributed by atoms with Crippen LogP contribution >= 0.6 is 0 Å². The lowest BCUT2D eigenvalue weighted by Crippen LogP contribution is -2.32. The molecule has 0 saturated carbocycles. The van der Waals surface area contributed by atoms with Crippen LogP contribution in [0.15, 0.2) is 77.9 Å². The van der Waals surface area contributed by atoms with E-state index >= 15 is 0 Å². The molecule has 0 spiro atoms. The molecule has 0 heterocycles. The lowest BCUT2D eigenvalue weighted by atomic mass is 10.2. The zero-order valence-electron chi connectivity index (χ0n) is 16.9. The number of aryl methyl sites for hydroxylation is 2. The number of rotatable bonds is 6. The van der Waals surface area contributed by atoms with E-state index < -0.39 is 11.8 Å². The SMILES string of the molecule is Cc1ccc(COc2cccc(/C=N/NC(=O)C(=O)Nc3ccc(C)cc3)c2)cc1. The third kappa shape index (κ3) is 6.31. The maximum Gasteiger partial charge on any atom is 0.329 e. The minimum atomic E-state index is -0.849. The van der Waals surface area contributed by atoms with Crippen molar-refractivity contribution in [1.29, 1.82) is 0 Å². The normalized spacial score (nSPS) is 10.6. The third-order valence-corrected chi connectivity index (χ3v) is 4.28. The molecular weight excluding hydrogens is 378 g/mol. The largest absolute Gasteiger partial charge is 0.489 e. The second kappa shape index (κ2) is 10.0. The summed E-state index contributed by atoms with van der Waals surface area (Å²) in [6.07, 6.45) is 1.45. The first-order valence-corrected chi connectivity index (χ1v) is 9.49. The van der Waals surface area contributed by atoms with Gasteiger partial charge in [0, 0.05) is 5.69 Å². The highest BCUT2D eigenvalue weighted by molar-refractivity contribution is 6.39. The highest BCUT2D eigenvalue weighted by Gasteiger charge is 2.12. The van der Waals surface area contributed by atoms with Crippen LogP contribution in [0.1, 0.15) is 22.3 Å². The molecule has 152 valence electrons. The molecule has 0 bridgehead atoms. The van der Waals surface area contributed by atoms with E-state index in [2.05, 4.69) is 15.8 Å². The van der Waals surface area contributed by atoms with Crippen molar-refractivity contribution >= 4 is 23.7 Å². The Labute approximate surface area is 175 Å². The van der Waals surface area contributed by atoms with Crippen molar-refractivity contribution in [3.05, 3.63) is 95.1 Å². The lowest BCUT2D eigenvalue weighted by Gasteiger charge is -2.07. The monoisotopic (exact) mass is 401 g/mol. The molecule has 3 aromatic carbocycles. The standard InChI is InChI=1S/C24H23N3O3/c1-17-6-10-19(11-7-17)16-30-22-5-3-4-20(14-22)15-25-27-24(29)23(28)26-21-12-8-18(2)9-13-21/h3-15H,16H2,1-2H3,(H,26,28)(H,27,29)/b25-15+. The number of amides is 2. The molecule has 0 aliphatic rings. The van der Waals surface area contributed by atoms with Crippen LogP contribution in [0, 0.1) is 13.8 Å². The van der Waals surface area contributed by atoms with Crippen LogP contribution in [0.5, 0.6) is 5.75 Å². The predicted octanol–water partition coefficient (Wildman–Crippen LogP) is 3.97. The average Bonchev–Trinajstić information content (AvgIpc) is 2.75. The quantitative estimate of drug-likeness (QED) is 0.373. The molecule has 6 nitrogen and oxygen atoms in total. The maximum absolute atomic E-state index is 11.9. The number of ether oxygens (including phenoxy) is 1. The van der Waals surface area contributed by atoms with Gasteiger partial charge < -0.3 is 10.1 Å². The van der Waals surface area contributed by atoms with E-state index in [1.807, 2.05) is 68.4 Å². The number of carbonyl (C=O) groups excluding carboxylic acids is 2. The van der Waals surface area contributed by atoms with Gasteiger partial charge >= 0.3 is 11.8 Å². The van der Waals surface area contributed by atoms with E-state index in [1.165, 1.54) is 11.8 Å². The zero-order chi connectivity index (χ0) is 21.3. The van der Waals surface area contributed by atoms with Gasteiger partial charge in [-0.1, -0.05) is 59.7 Å². The second-order valence-electron chi connectivity index (χ2n) is 6.87. The molecule has 0 fully saturated rings. The van der Waals surface area contributed by atoms with Gasteiger partial charge in [0.25, 0.3) is 0 Å². The van der Waals surface area contributed by atoms with Crippen LogP contribution in [-0.4, -0.2) is 18.0 Å². The van der Waals surface area contributed by atoms with Crippen molar-refractivity contribution in [1.82, 2.24) is 5.43 Å². The maximum atomic E-state index is 11.9. The number of nitrogens with one attached hydrogen (secondary N) is 2. The highest BCUT2D eigenvalue weighted by atomic mass is 16.5. The first-order valence-electron chi connectivity index (χ1n) is 9.49. The topological polar surface area (TPSA) is 79.8 Å². The number of hydrogen-bond donors (Lipinski definition) is 2. The van der Waals surface area contributed by atoms with Crippen molar-refractivity contribution in [2.24, 2.45) is 5.10 Å². The highest BCUT2D eigenvalue weighted by Crippen LogP contribution is 2.14. The average molecular weight is 401 g/mol. The van der Waals surface area contributed by atoms with Gasteiger partial charge in [-0.25, -0.2) is 5.43 Å². The first kappa shape index (κ1) is 20.8. The van der Waals surface area contributed by atoms with E-state index in [0.29, 0.717) is 18.0 Å². The summed E-state index contributed by atoms with van der Waals surface area (Å²) in [5, 5.41) is 6.36. The summed E-state index contributed by atoms with van der Waals surface area (Å²) in [4.78, 5) is 23.8. The molecular formula is C24H23N3O3. The van der Waals surface area contributed by atoms with Crippen LogP contribution in [-0.2, 0) is 16.2 Å². The summed E-state index contributed by atoms with van der Waals surface area (Å²) in [5.41, 5.74) is 6.84. The van der Waals surface area contributed by atoms with Crippen LogP contribution in [0.3, 0.4) is 0 Å². The fourth-order valence-electron chi connectivity index (χ4n) is 2.58. The fraction of sp³-hybridized carbons (Fsp3) is 0.125. The number of hydrazone groups is 1. The smallest absolute Gasteiger partial charge is 0.329 e. The molecule has 2 amide bonds. The Bertz CT molecular complexity index is 1040. The number of nitrogens with zero attached hydrogens (tertiary/aromatic N) is 1. The summed E-state index contributed by atoms with van der Waals surface area (Å²) in [6.45, 7) is 4.44. The van der Waals surface area contributed by atoms with Gasteiger partial charge in [0.05, 0.1) is 6.21 Å². The molecule has 0 aromatic heterocycles. The summed E-state index contributed by atoms with van der Waals surface area (Å²) in [5.74, 6) is -0.951. The molecule has 3 rings (SSSR count). The van der Waals surface area contributed by atoms with E-state index in [4.69, 9.17) is 4.74 Å². The Balaban J connectivity index is 1.51. The zero-order valence-corrected chi connectivity index (χ0v) is 16.9. The van der Waals surface area contributed by atoms with E-state index in [1.54, 1.807) is 18.2 Å². The van der Waals surface area contributed by atoms with Crippen LogP contribution in [0.2, 0.25) is 0 Å². The molecule has 30 heavy (non-hydrogen) atoms. The van der Waals surface area contributed by atoms with Crippen molar-refractivity contribution in [2.75, 3.05) is 5.32 Å². The van der Waals surface area contributed by atoms with Crippen molar-refractivity contribution in [3.63, 3.8) is 0 Å². The summed E-state index contributed by atoms with van der Waals surface area (Å²) in [7, 11) is 0. The molecule has 0 saturated heterocycles. The van der Waals surface area contributed by atoms with Crippen LogP contribution in [0.25, 0.3) is 0 Å². The van der Waals surface area contributed by atoms with E-state index in [0.717, 1.165) is 16.7 Å². The molecule has 0 atom stereocenters. The fourth-order valence-corrected chi connectivity index (χ4v) is 2.58. The van der Waals surface area contributed by atoms with Gasteiger partial charge in [-0.2, -0.15) is 5.10 Å². The first-order chi connectivity index (χ1) is 14.5. The van der Waals surface area contributed by atoms with Crippen molar-refractivity contribution < 1.29 is 14.3 Å². The van der Waals surface area contributed by atoms with Gasteiger partial charge in [0.2, 0.25) is 0 Å². The number of anilines is 1. The van der Waals surface area contributed by atoms with Crippen molar-refractivity contribution in [3.8, 4) is 5.75 Å². The van der Waals surface area contributed by atoms with E-state index in [-0.39, 0.29) is 0 Å². The third-order valence-electron chi connectivity index (χ3n) is 4.28. The Morgan fingerprint density at radius 1 is 0.900 bits per heavy atom. The van der Waals surface area contributed by atoms with Crippen LogP contribution < -0.4 is 15.5 Å². The Morgan fingerprint density at radius 2 is 1.57 bits per heavy atom. The van der Waals surface area contributed by atoms with Crippen LogP contribution in [0.4, 0.5) is 5.69 Å². The minimum Gasteiger partial charge on any atom is -0.489 e. The number of carbonyl (C=O) groups is 2. The van der Waals surface area contributed by atoms with Gasteiger partial charge in [0.1, 0.15) is 12.4 Å². The van der Waals surface area contributed by atoms with Crippen molar-refractivity contribution in [2.45, 2.75) is 20.5 Å². The Hall–Kier alpha value is -3.93. The Morgan fingerprint density at radius 3 is 2.27 bits per heavy atom. The summed E-state index contributed by atoms with van der Waals surface area (Å²) in [6, 6.07) is 22.6. The second-order valence-corrected chi connectivity index (χ2v) is 6.87. The summed E-state index contributed by atoms with van der Waals surface area (Å²) >= 11 is 0. The predicted molar refractivity (Wildman–Crippen MR) is 117 cm³/mol. The number of benzene rings is 3. The lowest BCUT2D eigenvalue weighted by molar-refractivity contribution is -0.136. The molecule has 2 N–H and O–H groups in total. The minimum absolute atomic E-state index is 0.455. The van der Waals surface area contributed by atoms with E-state index in [9.17, 15) is 9.59 Å². The van der Waals surface area contributed by atoms with Gasteiger partial charge in [0.15, 0.2) is 0 Å². The molecule has 0 unspecified atom stereocenters.